The van der Waals surface area contributed by atoms with Gasteiger partial charge in [-0.3, -0.25) is 44.0 Å². The number of alkyl carbamates (subject to hydrolysis) is 1. The van der Waals surface area contributed by atoms with Crippen LogP contribution in [0.25, 0.3) is 6.08 Å². The number of likely N-dealkylation sites (tertiary alicyclic amines) is 1. The summed E-state index contributed by atoms with van der Waals surface area (Å²) in [6.07, 6.45) is 0.568. The van der Waals surface area contributed by atoms with Gasteiger partial charge in [-0.15, -0.1) is 0 Å². The molecule has 0 aliphatic carbocycles. The first-order chi connectivity index (χ1) is 37.1. The van der Waals surface area contributed by atoms with E-state index >= 15 is 0 Å². The summed E-state index contributed by atoms with van der Waals surface area (Å²) in [5.41, 5.74) is 0.649. The number of nitrogens with one attached hydrogen (secondary N) is 5. The van der Waals surface area contributed by atoms with Crippen LogP contribution in [0.5, 0.6) is 5.75 Å². The van der Waals surface area contributed by atoms with E-state index in [1.54, 1.807) is 68.4 Å². The summed E-state index contributed by atoms with van der Waals surface area (Å²) < 4.78 is 21.6. The van der Waals surface area contributed by atoms with E-state index in [1.165, 1.54) is 30.3 Å². The highest BCUT2D eigenvalue weighted by Gasteiger charge is 2.48. The first kappa shape index (κ1) is 59.0. The maximum absolute atomic E-state index is 13.5. The Labute approximate surface area is 448 Å². The van der Waals surface area contributed by atoms with Gasteiger partial charge in [0.25, 0.3) is 17.7 Å². The summed E-state index contributed by atoms with van der Waals surface area (Å²) in [5.74, 6) is -5.19. The quantitative estimate of drug-likeness (QED) is 0.0396. The third kappa shape index (κ3) is 17.4. The van der Waals surface area contributed by atoms with Gasteiger partial charge in [-0.05, 0) is 99.6 Å². The standard InChI is InChI=1S/C53H64N8O17/c1-53(2,3)78-51(73)57-29-37(61-41(64)16-17-42(61)65)47(69)56-23-18-40(63)59-36-26-33(12-14-38(36)76-50-45(68)43(66)44(67)46(77-50)49(71)72)30-75-52(74)58-35-11-6-10-34(27-35)48(70)60-24-19-31(20-25-60)8-4-5-22-55-39(62)15-13-32-9-7-21-54-28-32/h6-7,9-17,21,26-28,31,37,43-46,50,66-68H,4-5,8,18-20,22-25,29-30H2,1-3H3,(H,55,62)(H,56,69)(H,57,73)(H,58,74)(H,59,63)(H,71,72)/b15-13+/t37?,43-,44-,45+,46-,50+/m0/s1. The average molecular weight is 1090 g/mol. The number of pyridine rings is 1. The van der Waals surface area contributed by atoms with E-state index in [0.29, 0.717) is 36.0 Å². The molecular formula is C53H64N8O17. The zero-order valence-electron chi connectivity index (χ0n) is 43.1. The smallest absolute Gasteiger partial charge is 0.411 e. The number of unbranched alkanes of at least 4 members (excludes halogenated alkanes) is 1. The number of nitrogens with zero attached hydrogens (tertiary/aromatic N) is 3. The zero-order valence-corrected chi connectivity index (χ0v) is 43.1. The summed E-state index contributed by atoms with van der Waals surface area (Å²) in [5, 5.41) is 53.6. The monoisotopic (exact) mass is 1080 g/mol. The van der Waals surface area contributed by atoms with Crippen molar-refractivity contribution in [2.75, 3.05) is 43.4 Å². The fourth-order valence-electron chi connectivity index (χ4n) is 8.40. The van der Waals surface area contributed by atoms with E-state index in [2.05, 4.69) is 31.6 Å². The molecule has 1 unspecified atom stereocenters. The van der Waals surface area contributed by atoms with Crippen LogP contribution >= 0.6 is 0 Å². The van der Waals surface area contributed by atoms with Crippen molar-refractivity contribution in [3.63, 3.8) is 0 Å². The molecule has 2 fully saturated rings. The van der Waals surface area contributed by atoms with Gasteiger partial charge in [0.05, 0.1) is 12.2 Å². The lowest BCUT2D eigenvalue weighted by molar-refractivity contribution is -0.271. The fourth-order valence-corrected chi connectivity index (χ4v) is 8.40. The number of aliphatic hydroxyl groups is 3. The van der Waals surface area contributed by atoms with Crippen molar-refractivity contribution in [3.05, 3.63) is 102 Å². The predicted molar refractivity (Wildman–Crippen MR) is 276 cm³/mol. The van der Waals surface area contributed by atoms with Crippen LogP contribution in [0.2, 0.25) is 0 Å². The molecule has 2 saturated heterocycles. The number of benzene rings is 2. The van der Waals surface area contributed by atoms with Crippen molar-refractivity contribution in [2.45, 2.75) is 108 Å². The number of carbonyl (C=O) groups is 9. The molecule has 25 heteroatoms. The molecule has 0 radical (unpaired) electrons. The van der Waals surface area contributed by atoms with E-state index < -0.39 is 104 Å². The van der Waals surface area contributed by atoms with Crippen molar-refractivity contribution in [1.29, 1.82) is 0 Å². The van der Waals surface area contributed by atoms with Crippen molar-refractivity contribution >= 4 is 71.0 Å². The molecule has 6 rings (SSSR count). The third-order valence-electron chi connectivity index (χ3n) is 12.4. The number of aromatic nitrogens is 1. The summed E-state index contributed by atoms with van der Waals surface area (Å²) in [4.78, 5) is 121. The Morgan fingerprint density at radius 1 is 0.846 bits per heavy atom. The molecule has 6 atom stereocenters. The molecule has 3 aliphatic rings. The van der Waals surface area contributed by atoms with E-state index in [9.17, 15) is 63.6 Å². The largest absolute Gasteiger partial charge is 0.479 e. The Kier molecular flexibility index (Phi) is 20.9. The van der Waals surface area contributed by atoms with Crippen LogP contribution in [0.15, 0.2) is 85.2 Å². The first-order valence-electron chi connectivity index (χ1n) is 25.2. The number of aliphatic carboxylic acids is 1. The van der Waals surface area contributed by atoms with Gasteiger partial charge < -0.3 is 65.5 Å². The number of carbonyl (C=O) groups excluding carboxylic acids is 8. The minimum absolute atomic E-state index is 0.155. The number of aliphatic hydroxyl groups excluding tert-OH is 3. The van der Waals surface area contributed by atoms with Gasteiger partial charge in [-0.2, -0.15) is 0 Å². The maximum Gasteiger partial charge on any atom is 0.411 e. The molecule has 418 valence electrons. The van der Waals surface area contributed by atoms with Gasteiger partial charge >= 0.3 is 18.2 Å². The van der Waals surface area contributed by atoms with Gasteiger partial charge in [0.2, 0.25) is 24.0 Å². The molecule has 25 nitrogen and oxygen atoms in total. The number of hydrogen-bond acceptors (Lipinski definition) is 17. The molecule has 1 aromatic heterocycles. The van der Waals surface area contributed by atoms with Crippen molar-refractivity contribution in [3.8, 4) is 5.75 Å². The lowest BCUT2D eigenvalue weighted by atomic mass is 9.91. The van der Waals surface area contributed by atoms with E-state index in [4.69, 9.17) is 18.9 Å². The second-order valence-corrected chi connectivity index (χ2v) is 19.5. The van der Waals surface area contributed by atoms with Gasteiger partial charge in [0.1, 0.15) is 42.3 Å². The number of carboxylic acids is 1. The summed E-state index contributed by atoms with van der Waals surface area (Å²) in [7, 11) is 0. The summed E-state index contributed by atoms with van der Waals surface area (Å²) in [6, 6.07) is 12.4. The Bertz CT molecular complexity index is 2710. The summed E-state index contributed by atoms with van der Waals surface area (Å²) in [6.45, 7) is 5.18. The van der Waals surface area contributed by atoms with Crippen LogP contribution < -0.4 is 31.3 Å². The topological polar surface area (TPSA) is 351 Å². The SMILES string of the molecule is CC(C)(C)OC(=O)NCC(C(=O)NCCC(=O)Nc1cc(COC(=O)Nc2cccc(C(=O)N3CCC(CCCCNC(=O)/C=C/c4cccnc4)CC3)c2)ccc1O[C@@H]1O[C@H](C(=O)O)[C@@H](O)[C@H](O)[C@H]1O)N1C(=O)C=CC1=O. The number of hydrogen-bond donors (Lipinski definition) is 9. The molecule has 4 heterocycles. The van der Waals surface area contributed by atoms with E-state index in [-0.39, 0.29) is 41.0 Å². The lowest BCUT2D eigenvalue weighted by Gasteiger charge is -2.38. The Balaban J connectivity index is 1.02. The third-order valence-corrected chi connectivity index (χ3v) is 12.4. The number of ether oxygens (including phenoxy) is 4. The normalized spacial score (nSPS) is 19.9. The lowest BCUT2D eigenvalue weighted by Crippen LogP contribution is -2.61. The molecule has 9 N–H and O–H groups in total. The van der Waals surface area contributed by atoms with E-state index in [0.717, 1.165) is 49.8 Å². The molecule has 0 bridgehead atoms. The zero-order chi connectivity index (χ0) is 56.5. The molecule has 2 aromatic carbocycles. The Morgan fingerprint density at radius 2 is 1.59 bits per heavy atom. The molecule has 8 amide bonds. The highest BCUT2D eigenvalue weighted by Crippen LogP contribution is 2.32. The number of carboxylic acid groups (broad SMARTS) is 1. The highest BCUT2D eigenvalue weighted by atomic mass is 16.7. The number of imide groups is 1. The second-order valence-electron chi connectivity index (χ2n) is 19.5. The van der Waals surface area contributed by atoms with Crippen LogP contribution in [0.4, 0.5) is 21.0 Å². The number of amides is 8. The minimum atomic E-state index is -2.03. The van der Waals surface area contributed by atoms with Crippen LogP contribution in [-0.2, 0) is 49.6 Å². The van der Waals surface area contributed by atoms with Gasteiger partial charge in [-0.25, -0.2) is 14.4 Å². The van der Waals surface area contributed by atoms with E-state index in [1.807, 2.05) is 6.07 Å². The van der Waals surface area contributed by atoms with Crippen molar-refractivity contribution < 1.29 is 82.5 Å². The van der Waals surface area contributed by atoms with Crippen molar-refractivity contribution in [1.82, 2.24) is 30.7 Å². The first-order valence-corrected chi connectivity index (χ1v) is 25.2. The Morgan fingerprint density at radius 3 is 2.28 bits per heavy atom. The van der Waals surface area contributed by atoms with Crippen LogP contribution in [0.3, 0.4) is 0 Å². The average Bonchev–Trinajstić information content (AvgIpc) is 3.76. The predicted octanol–water partition coefficient (Wildman–Crippen LogP) is 2.22. The van der Waals surface area contributed by atoms with Gasteiger partial charge in [0.15, 0.2) is 6.10 Å². The van der Waals surface area contributed by atoms with Crippen LogP contribution in [0.1, 0.15) is 80.8 Å². The van der Waals surface area contributed by atoms with Crippen LogP contribution in [-0.4, -0.2) is 164 Å². The molecule has 0 saturated carbocycles. The van der Waals surface area contributed by atoms with Crippen molar-refractivity contribution in [2.24, 2.45) is 5.92 Å². The number of rotatable bonds is 22. The Hall–Kier alpha value is -8.26. The van der Waals surface area contributed by atoms with Gasteiger partial charge in [0, 0.05) is 74.5 Å². The number of anilines is 2. The number of piperidine rings is 1. The maximum atomic E-state index is 13.5. The molecule has 3 aromatic rings. The molecular weight excluding hydrogens is 1020 g/mol. The molecule has 0 spiro atoms. The minimum Gasteiger partial charge on any atom is -0.479 e. The molecule has 3 aliphatic heterocycles. The summed E-state index contributed by atoms with van der Waals surface area (Å²) >= 11 is 0. The fraction of sp³-hybridized carbons (Fsp3) is 0.434. The molecule has 78 heavy (non-hydrogen) atoms. The second kappa shape index (κ2) is 27.7. The van der Waals surface area contributed by atoms with Gasteiger partial charge in [-0.1, -0.05) is 31.0 Å². The van der Waals surface area contributed by atoms with Crippen LogP contribution in [0, 0.1) is 5.92 Å². The highest BCUT2D eigenvalue weighted by molar-refractivity contribution is 6.15.